The van der Waals surface area contributed by atoms with Crippen molar-refractivity contribution in [3.05, 3.63) is 65.7 Å². The molecule has 3 aliphatic rings. The summed E-state index contributed by atoms with van der Waals surface area (Å²) in [5.41, 5.74) is -0.696. The lowest BCUT2D eigenvalue weighted by Crippen LogP contribution is -2.59. The quantitative estimate of drug-likeness (QED) is 0.300. The number of amides is 5. The standard InChI is InChI=1S/C33H43N5O7/c1-5-45-32(3,4)30(42)37-25-20-23-11-13-24(14-12-23)44-18-17-34-31(43)33(15-16-33)38-29(41)26(19-22-9-7-6-8-10-22)36-27(39)21(2)35-28(25)40/h6-14,21,25-26H,5,15-20H2,1-4H3,(H,34,43)(H,35,40)(H,36,39)(H,37,42)(H,38,41)/t21-,25-,26+/m0/s1. The lowest BCUT2D eigenvalue weighted by molar-refractivity contribution is -0.145. The van der Waals surface area contributed by atoms with Gasteiger partial charge in [0.25, 0.3) is 5.91 Å². The summed E-state index contributed by atoms with van der Waals surface area (Å²) < 4.78 is 11.3. The van der Waals surface area contributed by atoms with E-state index in [1.165, 1.54) is 6.92 Å². The van der Waals surface area contributed by atoms with E-state index in [-0.39, 0.29) is 31.9 Å². The molecule has 5 amide bonds. The van der Waals surface area contributed by atoms with Crippen LogP contribution in [0.15, 0.2) is 54.6 Å². The van der Waals surface area contributed by atoms with Crippen LogP contribution in [0.25, 0.3) is 0 Å². The highest BCUT2D eigenvalue weighted by Crippen LogP contribution is 2.35. The van der Waals surface area contributed by atoms with Gasteiger partial charge in [-0.15, -0.1) is 0 Å². The molecule has 1 fully saturated rings. The average molecular weight is 622 g/mol. The predicted octanol–water partition coefficient (Wildman–Crippen LogP) is 0.919. The molecule has 3 atom stereocenters. The van der Waals surface area contributed by atoms with Gasteiger partial charge in [0.2, 0.25) is 23.6 Å². The van der Waals surface area contributed by atoms with E-state index in [2.05, 4.69) is 26.6 Å². The SMILES string of the molecule is CCOC(C)(C)C(=O)N[C@H]1Cc2ccc(cc2)OCCNC(=O)C2(CC2)NC(=O)[C@@H](Cc2ccccc2)NC(=O)[C@H](C)NC1=O. The normalized spacial score (nSPS) is 22.7. The molecule has 0 radical (unpaired) electrons. The largest absolute Gasteiger partial charge is 0.492 e. The van der Waals surface area contributed by atoms with Gasteiger partial charge in [0.15, 0.2) is 0 Å². The number of hydrogen-bond donors (Lipinski definition) is 5. The number of ether oxygens (including phenoxy) is 2. The van der Waals surface area contributed by atoms with E-state index in [4.69, 9.17) is 9.47 Å². The summed E-state index contributed by atoms with van der Waals surface area (Å²) in [5.74, 6) is -1.91. The first-order valence-electron chi connectivity index (χ1n) is 15.3. The fourth-order valence-corrected chi connectivity index (χ4v) is 5.02. The highest BCUT2D eigenvalue weighted by atomic mass is 16.5. The second-order valence-electron chi connectivity index (χ2n) is 12.0. The number of rotatable bonds is 6. The minimum atomic E-state index is -1.19. The molecule has 0 unspecified atom stereocenters. The van der Waals surface area contributed by atoms with Gasteiger partial charge in [-0.3, -0.25) is 24.0 Å². The van der Waals surface area contributed by atoms with Gasteiger partial charge < -0.3 is 36.1 Å². The first kappa shape index (κ1) is 33.4. The maximum Gasteiger partial charge on any atom is 0.252 e. The number of fused-ring (bicyclic) bond motifs is 15. The molecule has 2 aromatic rings. The van der Waals surface area contributed by atoms with Crippen LogP contribution in [0.4, 0.5) is 0 Å². The number of benzene rings is 2. The Morgan fingerprint density at radius 2 is 1.67 bits per heavy atom. The van der Waals surface area contributed by atoms with E-state index in [1.807, 2.05) is 30.3 Å². The predicted molar refractivity (Wildman–Crippen MR) is 166 cm³/mol. The number of carbonyl (C=O) groups excluding carboxylic acids is 5. The molecule has 242 valence electrons. The Morgan fingerprint density at radius 3 is 2.31 bits per heavy atom. The van der Waals surface area contributed by atoms with Crippen LogP contribution in [0.2, 0.25) is 0 Å². The van der Waals surface area contributed by atoms with E-state index in [0.717, 1.165) is 11.1 Å². The van der Waals surface area contributed by atoms with E-state index in [0.29, 0.717) is 25.2 Å². The molecule has 12 nitrogen and oxygen atoms in total. The maximum atomic E-state index is 13.5. The molecule has 1 spiro atoms. The first-order valence-corrected chi connectivity index (χ1v) is 15.3. The molecule has 0 aromatic heterocycles. The highest BCUT2D eigenvalue weighted by Gasteiger charge is 2.51. The van der Waals surface area contributed by atoms with Crippen LogP contribution in [0.5, 0.6) is 5.75 Å². The van der Waals surface area contributed by atoms with Crippen LogP contribution in [0, 0.1) is 0 Å². The van der Waals surface area contributed by atoms with Gasteiger partial charge in [0, 0.05) is 19.4 Å². The third-order valence-electron chi connectivity index (χ3n) is 7.91. The molecule has 12 heteroatoms. The van der Waals surface area contributed by atoms with Crippen molar-refractivity contribution in [2.75, 3.05) is 19.8 Å². The minimum absolute atomic E-state index is 0.131. The zero-order valence-electron chi connectivity index (χ0n) is 26.2. The Labute approximate surface area is 263 Å². The lowest BCUT2D eigenvalue weighted by atomic mass is 10.0. The van der Waals surface area contributed by atoms with Gasteiger partial charge in [0.1, 0.15) is 41.6 Å². The Morgan fingerprint density at radius 1 is 0.978 bits per heavy atom. The number of hydrogen-bond acceptors (Lipinski definition) is 7. The summed E-state index contributed by atoms with van der Waals surface area (Å²) >= 11 is 0. The molecule has 5 rings (SSSR count). The summed E-state index contributed by atoms with van der Waals surface area (Å²) in [6, 6.07) is 13.1. The van der Waals surface area contributed by atoms with E-state index >= 15 is 0 Å². The fraction of sp³-hybridized carbons (Fsp3) is 0.485. The summed E-state index contributed by atoms with van der Waals surface area (Å²) in [6.45, 7) is 7.24. The van der Waals surface area contributed by atoms with Crippen LogP contribution in [-0.2, 0) is 41.6 Å². The van der Waals surface area contributed by atoms with E-state index in [9.17, 15) is 24.0 Å². The van der Waals surface area contributed by atoms with Gasteiger partial charge in [-0.1, -0.05) is 42.5 Å². The zero-order chi connectivity index (χ0) is 32.6. The summed E-state index contributed by atoms with van der Waals surface area (Å²) in [7, 11) is 0. The van der Waals surface area contributed by atoms with E-state index < -0.39 is 52.9 Å². The van der Waals surface area contributed by atoms with Gasteiger partial charge in [-0.25, -0.2) is 0 Å². The third-order valence-corrected chi connectivity index (χ3v) is 7.91. The molecular weight excluding hydrogens is 578 g/mol. The summed E-state index contributed by atoms with van der Waals surface area (Å²) in [5, 5.41) is 13.9. The molecule has 1 aliphatic carbocycles. The summed E-state index contributed by atoms with van der Waals surface area (Å²) in [6.07, 6.45) is 1.24. The van der Waals surface area contributed by atoms with Crippen LogP contribution in [-0.4, -0.2) is 78.6 Å². The molecule has 2 aliphatic heterocycles. The summed E-state index contributed by atoms with van der Waals surface area (Å²) in [4.78, 5) is 66.6. The molecular formula is C33H43N5O7. The smallest absolute Gasteiger partial charge is 0.252 e. The van der Waals surface area contributed by atoms with Crippen molar-refractivity contribution >= 4 is 29.5 Å². The van der Waals surface area contributed by atoms with Gasteiger partial charge in [0.05, 0.1) is 6.54 Å². The molecule has 45 heavy (non-hydrogen) atoms. The fourth-order valence-electron chi connectivity index (χ4n) is 5.02. The Balaban J connectivity index is 1.59. The van der Waals surface area contributed by atoms with Crippen molar-refractivity contribution < 1.29 is 33.4 Å². The van der Waals surface area contributed by atoms with Crippen LogP contribution in [0.3, 0.4) is 0 Å². The first-order chi connectivity index (χ1) is 21.4. The molecule has 2 bridgehead atoms. The maximum absolute atomic E-state index is 13.5. The van der Waals surface area contributed by atoms with Crippen molar-refractivity contribution in [1.82, 2.24) is 26.6 Å². The van der Waals surface area contributed by atoms with Crippen molar-refractivity contribution in [2.24, 2.45) is 0 Å². The Kier molecular flexibility index (Phi) is 10.8. The third kappa shape index (κ3) is 9.04. The molecule has 5 N–H and O–H groups in total. The second-order valence-corrected chi connectivity index (χ2v) is 12.0. The van der Waals surface area contributed by atoms with Crippen molar-refractivity contribution in [3.63, 3.8) is 0 Å². The minimum Gasteiger partial charge on any atom is -0.492 e. The topological polar surface area (TPSA) is 164 Å². The molecule has 0 saturated heterocycles. The molecule has 2 heterocycles. The van der Waals surface area contributed by atoms with Crippen molar-refractivity contribution in [2.45, 2.75) is 82.6 Å². The van der Waals surface area contributed by atoms with Gasteiger partial charge in [-0.05, 0) is 63.8 Å². The Bertz CT molecular complexity index is 1380. The lowest BCUT2D eigenvalue weighted by Gasteiger charge is -2.28. The average Bonchev–Trinajstić information content (AvgIpc) is 3.79. The zero-order valence-corrected chi connectivity index (χ0v) is 26.2. The highest BCUT2D eigenvalue weighted by molar-refractivity contribution is 5.98. The molecule has 1 saturated carbocycles. The van der Waals surface area contributed by atoms with Crippen LogP contribution in [0.1, 0.15) is 51.7 Å². The Hall–Kier alpha value is -4.45. The van der Waals surface area contributed by atoms with Crippen LogP contribution >= 0.6 is 0 Å². The second kappa shape index (κ2) is 14.6. The van der Waals surface area contributed by atoms with Crippen molar-refractivity contribution in [3.8, 4) is 5.75 Å². The monoisotopic (exact) mass is 621 g/mol. The van der Waals surface area contributed by atoms with Crippen molar-refractivity contribution in [1.29, 1.82) is 0 Å². The van der Waals surface area contributed by atoms with Gasteiger partial charge >= 0.3 is 0 Å². The molecule has 2 aromatic carbocycles. The van der Waals surface area contributed by atoms with Crippen LogP contribution < -0.4 is 31.3 Å². The van der Waals surface area contributed by atoms with E-state index in [1.54, 1.807) is 45.0 Å². The number of nitrogens with one attached hydrogen (secondary N) is 5. The van der Waals surface area contributed by atoms with Gasteiger partial charge in [-0.2, -0.15) is 0 Å². The number of carbonyl (C=O) groups is 5.